The number of nitrogens with zero attached hydrogens (tertiary/aromatic N) is 2. The highest BCUT2D eigenvalue weighted by Gasteiger charge is 2.19. The molecule has 0 aliphatic carbocycles. The maximum Gasteiger partial charge on any atom is 0.163 e. The van der Waals surface area contributed by atoms with Gasteiger partial charge in [0, 0.05) is 0 Å². The first-order valence-corrected chi connectivity index (χ1v) is 4.07. The van der Waals surface area contributed by atoms with Crippen LogP contribution in [-0.2, 0) is 0 Å². The average Bonchev–Trinajstić information content (AvgIpc) is 2.45. The molecule has 1 aromatic rings. The fourth-order valence-electron chi connectivity index (χ4n) is 1.06. The fourth-order valence-corrected chi connectivity index (χ4v) is 1.06. The molecule has 0 aromatic carbocycles. The lowest BCUT2D eigenvalue weighted by atomic mass is 9.99. The third kappa shape index (κ3) is 1.63. The summed E-state index contributed by atoms with van der Waals surface area (Å²) in [6, 6.07) is 1.76. The van der Waals surface area contributed by atoms with E-state index >= 15 is 0 Å². The van der Waals surface area contributed by atoms with E-state index in [0.29, 0.717) is 11.3 Å². The summed E-state index contributed by atoms with van der Waals surface area (Å²) in [5.74, 6) is 0.459. The molecule has 0 unspecified atom stereocenters. The summed E-state index contributed by atoms with van der Waals surface area (Å²) in [5, 5.41) is 15.2. The molecule has 0 aliphatic rings. The van der Waals surface area contributed by atoms with Crippen LogP contribution < -0.4 is 11.5 Å². The fraction of sp³-hybridized carbons (Fsp3) is 0.500. The topological polar surface area (TPSA) is 105 Å². The molecular weight excluding hydrogens is 166 g/mol. The minimum Gasteiger partial charge on any atom is -0.381 e. The first kappa shape index (κ1) is 9.55. The molecule has 0 radical (unpaired) electrons. The average molecular weight is 179 g/mol. The number of aromatic amines is 1. The summed E-state index contributed by atoms with van der Waals surface area (Å²) in [6.07, 6.45) is 0. The highest BCUT2D eigenvalue weighted by atomic mass is 15.2. The summed E-state index contributed by atoms with van der Waals surface area (Å²) < 4.78 is 0. The van der Waals surface area contributed by atoms with Crippen LogP contribution in [0.2, 0.25) is 0 Å². The number of nitrogens with one attached hydrogen (secondary N) is 1. The van der Waals surface area contributed by atoms with Gasteiger partial charge in [-0.3, -0.25) is 5.10 Å². The lowest BCUT2D eigenvalue weighted by Crippen LogP contribution is -2.18. The van der Waals surface area contributed by atoms with Gasteiger partial charge in [-0.05, 0) is 5.92 Å². The van der Waals surface area contributed by atoms with Crippen LogP contribution >= 0.6 is 0 Å². The van der Waals surface area contributed by atoms with Crippen LogP contribution in [0.4, 0.5) is 5.82 Å². The number of hydrogen-bond acceptors (Lipinski definition) is 4. The molecule has 13 heavy (non-hydrogen) atoms. The van der Waals surface area contributed by atoms with E-state index in [1.165, 1.54) is 0 Å². The number of nitrogen functional groups attached to an aromatic ring is 1. The van der Waals surface area contributed by atoms with Gasteiger partial charge >= 0.3 is 0 Å². The number of nitrogens with two attached hydrogens (primary N) is 2. The maximum absolute atomic E-state index is 8.77. The monoisotopic (exact) mass is 179 g/mol. The molecule has 5 nitrogen and oxygen atoms in total. The van der Waals surface area contributed by atoms with Gasteiger partial charge < -0.3 is 11.5 Å². The molecule has 0 aliphatic heterocycles. The summed E-state index contributed by atoms with van der Waals surface area (Å²) in [7, 11) is 0. The lowest BCUT2D eigenvalue weighted by Gasteiger charge is -2.13. The number of nitriles is 1. The highest BCUT2D eigenvalue weighted by molar-refractivity contribution is 5.51. The van der Waals surface area contributed by atoms with Gasteiger partial charge in [-0.15, -0.1) is 0 Å². The van der Waals surface area contributed by atoms with E-state index in [1.54, 1.807) is 0 Å². The minimum atomic E-state index is -0.223. The molecule has 0 spiro atoms. The van der Waals surface area contributed by atoms with Crippen LogP contribution in [0.25, 0.3) is 0 Å². The zero-order chi connectivity index (χ0) is 10.0. The smallest absolute Gasteiger partial charge is 0.163 e. The number of aromatic nitrogens is 2. The third-order valence-corrected chi connectivity index (χ3v) is 1.99. The SMILES string of the molecule is CC(C)[C@H](N)c1[nH]nc(N)c1C#N. The van der Waals surface area contributed by atoms with Crippen molar-refractivity contribution in [1.82, 2.24) is 10.2 Å². The predicted molar refractivity (Wildman–Crippen MR) is 49.5 cm³/mol. The van der Waals surface area contributed by atoms with E-state index < -0.39 is 0 Å². The summed E-state index contributed by atoms with van der Waals surface area (Å²) >= 11 is 0. The quantitative estimate of drug-likeness (QED) is 0.615. The minimum absolute atomic E-state index is 0.216. The van der Waals surface area contributed by atoms with Crippen LogP contribution in [0, 0.1) is 17.2 Å². The summed E-state index contributed by atoms with van der Waals surface area (Å²) in [4.78, 5) is 0. The molecule has 0 saturated carbocycles. The summed E-state index contributed by atoms with van der Waals surface area (Å²) in [5.41, 5.74) is 12.3. The maximum atomic E-state index is 8.77. The van der Waals surface area contributed by atoms with Crippen molar-refractivity contribution < 1.29 is 0 Å². The first-order valence-electron chi connectivity index (χ1n) is 4.07. The number of hydrogen-bond donors (Lipinski definition) is 3. The molecule has 0 bridgehead atoms. The van der Waals surface area contributed by atoms with Crippen LogP contribution in [0.1, 0.15) is 31.1 Å². The zero-order valence-corrected chi connectivity index (χ0v) is 7.70. The molecular formula is C8H13N5. The number of rotatable bonds is 2. The molecule has 5 heteroatoms. The van der Waals surface area contributed by atoms with Gasteiger partial charge in [-0.2, -0.15) is 10.4 Å². The molecule has 70 valence electrons. The molecule has 1 heterocycles. The number of H-pyrrole nitrogens is 1. The second kappa shape index (κ2) is 3.46. The molecule has 5 N–H and O–H groups in total. The van der Waals surface area contributed by atoms with Crippen molar-refractivity contribution in [1.29, 1.82) is 5.26 Å². The van der Waals surface area contributed by atoms with Gasteiger partial charge in [0.05, 0.1) is 11.7 Å². The zero-order valence-electron chi connectivity index (χ0n) is 7.70. The van der Waals surface area contributed by atoms with Crippen molar-refractivity contribution in [2.24, 2.45) is 11.7 Å². The predicted octanol–water partition coefficient (Wildman–Crippen LogP) is 0.519. The van der Waals surface area contributed by atoms with E-state index in [2.05, 4.69) is 10.2 Å². The van der Waals surface area contributed by atoms with Crippen molar-refractivity contribution in [2.45, 2.75) is 19.9 Å². The Bertz CT molecular complexity index is 333. The lowest BCUT2D eigenvalue weighted by molar-refractivity contribution is 0.501. The van der Waals surface area contributed by atoms with Crippen molar-refractivity contribution >= 4 is 5.82 Å². The standard InChI is InChI=1S/C8H13N5/c1-4(2)6(10)7-5(3-9)8(11)13-12-7/h4,6H,10H2,1-2H3,(H3,11,12,13)/t6-/m0/s1. The Balaban J connectivity index is 3.09. The second-order valence-electron chi connectivity index (χ2n) is 3.28. The van der Waals surface area contributed by atoms with Crippen LogP contribution in [-0.4, -0.2) is 10.2 Å². The van der Waals surface area contributed by atoms with Crippen molar-refractivity contribution in [3.63, 3.8) is 0 Å². The first-order chi connectivity index (χ1) is 6.07. The molecule has 1 atom stereocenters. The third-order valence-electron chi connectivity index (χ3n) is 1.99. The Hall–Kier alpha value is -1.54. The Morgan fingerprint density at radius 1 is 1.54 bits per heavy atom. The van der Waals surface area contributed by atoms with Crippen molar-refractivity contribution in [3.05, 3.63) is 11.3 Å². The van der Waals surface area contributed by atoms with E-state index in [1.807, 2.05) is 19.9 Å². The molecule has 1 aromatic heterocycles. The Morgan fingerprint density at radius 2 is 2.15 bits per heavy atom. The van der Waals surface area contributed by atoms with Gasteiger partial charge in [0.2, 0.25) is 0 Å². The van der Waals surface area contributed by atoms with Crippen LogP contribution in [0.5, 0.6) is 0 Å². The highest BCUT2D eigenvalue weighted by Crippen LogP contribution is 2.22. The van der Waals surface area contributed by atoms with Crippen LogP contribution in [0.3, 0.4) is 0 Å². The molecule has 1 rings (SSSR count). The second-order valence-corrected chi connectivity index (χ2v) is 3.28. The van der Waals surface area contributed by atoms with E-state index in [-0.39, 0.29) is 17.8 Å². The van der Waals surface area contributed by atoms with Gasteiger partial charge in [0.1, 0.15) is 11.6 Å². The van der Waals surface area contributed by atoms with Gasteiger partial charge in [0.25, 0.3) is 0 Å². The molecule has 0 saturated heterocycles. The Kier molecular flexibility index (Phi) is 2.54. The Labute approximate surface area is 76.7 Å². The van der Waals surface area contributed by atoms with E-state index in [0.717, 1.165) is 0 Å². The van der Waals surface area contributed by atoms with Crippen molar-refractivity contribution in [2.75, 3.05) is 5.73 Å². The van der Waals surface area contributed by atoms with Crippen LogP contribution in [0.15, 0.2) is 0 Å². The van der Waals surface area contributed by atoms with Gasteiger partial charge in [-0.25, -0.2) is 0 Å². The molecule has 0 fully saturated rings. The molecule has 0 amide bonds. The van der Waals surface area contributed by atoms with E-state index in [4.69, 9.17) is 16.7 Å². The Morgan fingerprint density at radius 3 is 2.62 bits per heavy atom. The van der Waals surface area contributed by atoms with E-state index in [9.17, 15) is 0 Å². The largest absolute Gasteiger partial charge is 0.381 e. The van der Waals surface area contributed by atoms with Crippen molar-refractivity contribution in [3.8, 4) is 6.07 Å². The summed E-state index contributed by atoms with van der Waals surface area (Å²) in [6.45, 7) is 3.95. The van der Waals surface area contributed by atoms with Gasteiger partial charge in [-0.1, -0.05) is 13.8 Å². The number of anilines is 1. The van der Waals surface area contributed by atoms with Gasteiger partial charge in [0.15, 0.2) is 5.82 Å². The normalized spacial score (nSPS) is 12.8.